The first-order valence-corrected chi connectivity index (χ1v) is 7.83. The fourth-order valence-electron chi connectivity index (χ4n) is 2.94. The van der Waals surface area contributed by atoms with E-state index in [0.717, 1.165) is 6.42 Å². The van der Waals surface area contributed by atoms with Crippen LogP contribution in [-0.2, 0) is 4.79 Å². The molecule has 0 saturated carbocycles. The minimum Gasteiger partial charge on any atom is -0.319 e. The summed E-state index contributed by atoms with van der Waals surface area (Å²) >= 11 is 0. The molecule has 2 unspecified atom stereocenters. The number of carbonyl (C=O) groups is 1. The second kappa shape index (κ2) is 7.44. The molecule has 1 aromatic rings. The molecule has 0 bridgehead atoms. The van der Waals surface area contributed by atoms with E-state index in [0.29, 0.717) is 12.6 Å². The van der Waals surface area contributed by atoms with Crippen LogP contribution in [0.3, 0.4) is 0 Å². The normalized spacial score (nSPS) is 20.4. The second-order valence-electron chi connectivity index (χ2n) is 5.69. The van der Waals surface area contributed by atoms with E-state index in [1.54, 1.807) is 0 Å². The number of nitrogens with one attached hydrogen (secondary N) is 1. The average Bonchev–Trinajstić information content (AvgIpc) is 2.86. The molecule has 0 spiro atoms. The highest BCUT2D eigenvalue weighted by atomic mass is 16.2. The molecule has 1 heterocycles. The summed E-state index contributed by atoms with van der Waals surface area (Å²) in [7, 11) is 0. The lowest BCUT2D eigenvalue weighted by molar-refractivity contribution is -0.130. The number of amides is 1. The molecule has 3 heteroatoms. The van der Waals surface area contributed by atoms with Gasteiger partial charge in [-0.2, -0.15) is 0 Å². The summed E-state index contributed by atoms with van der Waals surface area (Å²) in [6.07, 6.45) is 6.17. The number of hydrogen-bond acceptors (Lipinski definition) is 2. The van der Waals surface area contributed by atoms with Gasteiger partial charge in [-0.05, 0) is 18.9 Å². The maximum absolute atomic E-state index is 12.2. The zero-order valence-corrected chi connectivity index (χ0v) is 12.6. The molecule has 0 aromatic heterocycles. The number of benzene rings is 1. The summed E-state index contributed by atoms with van der Waals surface area (Å²) in [6, 6.07) is 10.6. The maximum atomic E-state index is 12.2. The van der Waals surface area contributed by atoms with Gasteiger partial charge in [0, 0.05) is 6.04 Å². The van der Waals surface area contributed by atoms with Crippen LogP contribution in [0, 0.1) is 0 Å². The van der Waals surface area contributed by atoms with Crippen LogP contribution in [0.1, 0.15) is 57.7 Å². The van der Waals surface area contributed by atoms with E-state index < -0.39 is 0 Å². The van der Waals surface area contributed by atoms with Gasteiger partial charge in [-0.3, -0.25) is 10.1 Å². The standard InChI is InChI=1S/C17H26N2O/c1-3-4-5-7-10-14(2)19-16(20)13-18-17(19)15-11-8-6-9-12-15/h6,8-9,11-12,14,17-18H,3-5,7,10,13H2,1-2H3. The molecule has 0 radical (unpaired) electrons. The van der Waals surface area contributed by atoms with Crippen molar-refractivity contribution in [2.45, 2.75) is 58.2 Å². The first-order chi connectivity index (χ1) is 9.74. The second-order valence-corrected chi connectivity index (χ2v) is 5.69. The van der Waals surface area contributed by atoms with Crippen LogP contribution in [0.4, 0.5) is 0 Å². The van der Waals surface area contributed by atoms with Gasteiger partial charge in [0.1, 0.15) is 6.17 Å². The van der Waals surface area contributed by atoms with E-state index in [4.69, 9.17) is 0 Å². The molecular formula is C17H26N2O. The summed E-state index contributed by atoms with van der Waals surface area (Å²) in [5.41, 5.74) is 1.18. The van der Waals surface area contributed by atoms with Gasteiger partial charge in [-0.25, -0.2) is 0 Å². The maximum Gasteiger partial charge on any atom is 0.238 e. The Morgan fingerprint density at radius 1 is 1.25 bits per heavy atom. The Bertz CT molecular complexity index is 418. The van der Waals surface area contributed by atoms with Crippen molar-refractivity contribution in [3.05, 3.63) is 35.9 Å². The van der Waals surface area contributed by atoms with Crippen molar-refractivity contribution >= 4 is 5.91 Å². The lowest BCUT2D eigenvalue weighted by Crippen LogP contribution is -2.37. The molecule has 2 atom stereocenters. The molecule has 1 fully saturated rings. The highest BCUT2D eigenvalue weighted by Crippen LogP contribution is 2.26. The summed E-state index contributed by atoms with van der Waals surface area (Å²) in [4.78, 5) is 14.2. The average molecular weight is 274 g/mol. The van der Waals surface area contributed by atoms with E-state index in [2.05, 4.69) is 31.3 Å². The lowest BCUT2D eigenvalue weighted by Gasteiger charge is -2.30. The van der Waals surface area contributed by atoms with Crippen LogP contribution in [-0.4, -0.2) is 23.4 Å². The smallest absolute Gasteiger partial charge is 0.238 e. The largest absolute Gasteiger partial charge is 0.319 e. The van der Waals surface area contributed by atoms with E-state index in [9.17, 15) is 4.79 Å². The van der Waals surface area contributed by atoms with Gasteiger partial charge in [0.2, 0.25) is 5.91 Å². The van der Waals surface area contributed by atoms with Gasteiger partial charge in [0.05, 0.1) is 6.54 Å². The lowest BCUT2D eigenvalue weighted by atomic mass is 10.1. The molecule has 1 saturated heterocycles. The summed E-state index contributed by atoms with van der Waals surface area (Å²) in [6.45, 7) is 4.86. The Hall–Kier alpha value is -1.35. The molecule has 0 aliphatic carbocycles. The van der Waals surface area contributed by atoms with Gasteiger partial charge in [-0.15, -0.1) is 0 Å². The van der Waals surface area contributed by atoms with Gasteiger partial charge in [-0.1, -0.05) is 62.9 Å². The molecule has 1 amide bonds. The fraction of sp³-hybridized carbons (Fsp3) is 0.588. The number of hydrogen-bond donors (Lipinski definition) is 1. The minimum absolute atomic E-state index is 0.0462. The highest BCUT2D eigenvalue weighted by molar-refractivity contribution is 5.81. The molecule has 3 nitrogen and oxygen atoms in total. The zero-order chi connectivity index (χ0) is 14.4. The van der Waals surface area contributed by atoms with Crippen molar-refractivity contribution in [3.8, 4) is 0 Å². The van der Waals surface area contributed by atoms with Crippen LogP contribution in [0.2, 0.25) is 0 Å². The third-order valence-corrected chi connectivity index (χ3v) is 4.08. The molecule has 1 aliphatic heterocycles. The van der Waals surface area contributed by atoms with Crippen molar-refractivity contribution < 1.29 is 4.79 Å². The molecular weight excluding hydrogens is 248 g/mol. The quantitative estimate of drug-likeness (QED) is 0.772. The Balaban J connectivity index is 1.98. The Morgan fingerprint density at radius 3 is 2.70 bits per heavy atom. The van der Waals surface area contributed by atoms with Crippen LogP contribution >= 0.6 is 0 Å². The van der Waals surface area contributed by atoms with Crippen LogP contribution < -0.4 is 5.32 Å². The molecule has 2 rings (SSSR count). The number of nitrogens with zero attached hydrogens (tertiary/aromatic N) is 1. The zero-order valence-electron chi connectivity index (χ0n) is 12.6. The minimum atomic E-state index is 0.0462. The number of carbonyl (C=O) groups excluding carboxylic acids is 1. The van der Waals surface area contributed by atoms with E-state index in [1.165, 1.54) is 31.2 Å². The van der Waals surface area contributed by atoms with E-state index in [-0.39, 0.29) is 12.1 Å². The first-order valence-electron chi connectivity index (χ1n) is 7.83. The summed E-state index contributed by atoms with van der Waals surface area (Å²) in [5.74, 6) is 0.224. The Morgan fingerprint density at radius 2 is 2.00 bits per heavy atom. The van der Waals surface area contributed by atoms with Crippen molar-refractivity contribution in [3.63, 3.8) is 0 Å². The summed E-state index contributed by atoms with van der Waals surface area (Å²) in [5, 5.41) is 3.33. The van der Waals surface area contributed by atoms with Crippen LogP contribution in [0.15, 0.2) is 30.3 Å². The van der Waals surface area contributed by atoms with Crippen molar-refractivity contribution in [2.75, 3.05) is 6.54 Å². The SMILES string of the molecule is CCCCCCC(C)N1C(=O)CNC1c1ccccc1. The fourth-order valence-corrected chi connectivity index (χ4v) is 2.94. The molecule has 110 valence electrons. The third kappa shape index (κ3) is 3.60. The van der Waals surface area contributed by atoms with Gasteiger partial charge >= 0.3 is 0 Å². The van der Waals surface area contributed by atoms with Crippen molar-refractivity contribution in [1.29, 1.82) is 0 Å². The predicted octanol–water partition coefficient (Wildman–Crippen LogP) is 3.48. The highest BCUT2D eigenvalue weighted by Gasteiger charge is 2.34. The third-order valence-electron chi connectivity index (χ3n) is 4.08. The number of rotatable bonds is 7. The van der Waals surface area contributed by atoms with Gasteiger partial charge in [0.15, 0.2) is 0 Å². The van der Waals surface area contributed by atoms with E-state index >= 15 is 0 Å². The Kier molecular flexibility index (Phi) is 5.60. The first kappa shape index (κ1) is 15.0. The van der Waals surface area contributed by atoms with Crippen molar-refractivity contribution in [1.82, 2.24) is 10.2 Å². The molecule has 1 N–H and O–H groups in total. The summed E-state index contributed by atoms with van der Waals surface area (Å²) < 4.78 is 0. The van der Waals surface area contributed by atoms with Gasteiger partial charge in [0.25, 0.3) is 0 Å². The Labute approximate surface area is 122 Å². The van der Waals surface area contributed by atoms with E-state index in [1.807, 2.05) is 23.1 Å². The van der Waals surface area contributed by atoms with Gasteiger partial charge < -0.3 is 4.90 Å². The van der Waals surface area contributed by atoms with Crippen LogP contribution in [0.5, 0.6) is 0 Å². The monoisotopic (exact) mass is 274 g/mol. The predicted molar refractivity (Wildman–Crippen MR) is 82.3 cm³/mol. The molecule has 1 aromatic carbocycles. The van der Waals surface area contributed by atoms with Crippen molar-refractivity contribution in [2.24, 2.45) is 0 Å². The van der Waals surface area contributed by atoms with Crippen LogP contribution in [0.25, 0.3) is 0 Å². The molecule has 1 aliphatic rings. The topological polar surface area (TPSA) is 32.3 Å². The molecule has 20 heavy (non-hydrogen) atoms. The number of unbranched alkanes of at least 4 members (excludes halogenated alkanes) is 3.